The minimum Gasteiger partial charge on any atom is -0.398 e. The highest BCUT2D eigenvalue weighted by Gasteiger charge is 2.31. The Morgan fingerprint density at radius 1 is 1.42 bits per heavy atom. The van der Waals surface area contributed by atoms with Crippen molar-refractivity contribution >= 4 is 5.69 Å². The minimum atomic E-state index is -0.162. The summed E-state index contributed by atoms with van der Waals surface area (Å²) in [6.07, 6.45) is 0. The molecule has 0 aromatic heterocycles. The van der Waals surface area contributed by atoms with Gasteiger partial charge in [-0.15, -0.1) is 0 Å². The molecule has 0 bridgehead atoms. The maximum absolute atomic E-state index is 5.81. The maximum Gasteiger partial charge on any atom is 0.0884 e. The lowest BCUT2D eigenvalue weighted by Gasteiger charge is -2.17. The van der Waals surface area contributed by atoms with Gasteiger partial charge in [-0.25, -0.2) is 0 Å². The Morgan fingerprint density at radius 3 is 2.83 bits per heavy atom. The van der Waals surface area contributed by atoms with E-state index in [4.69, 9.17) is 10.5 Å². The van der Waals surface area contributed by atoms with Crippen LogP contribution < -0.4 is 5.73 Å². The Bertz CT molecular complexity index is 318. The second-order valence-corrected chi connectivity index (χ2v) is 3.67. The average Bonchev–Trinajstić information content (AvgIpc) is 2.30. The Labute approximate surface area is 72.3 Å². The normalized spacial score (nSPS) is 19.2. The van der Waals surface area contributed by atoms with Crippen molar-refractivity contribution in [2.24, 2.45) is 0 Å². The predicted molar refractivity (Wildman–Crippen MR) is 48.7 cm³/mol. The second-order valence-electron chi connectivity index (χ2n) is 3.67. The molecule has 1 aromatic carbocycles. The van der Waals surface area contributed by atoms with Crippen LogP contribution >= 0.6 is 0 Å². The molecule has 0 saturated heterocycles. The van der Waals surface area contributed by atoms with Gasteiger partial charge in [0.05, 0.1) is 12.2 Å². The number of ether oxygens (including phenoxy) is 1. The molecule has 2 heteroatoms. The van der Waals surface area contributed by atoms with Crippen molar-refractivity contribution in [3.63, 3.8) is 0 Å². The van der Waals surface area contributed by atoms with Gasteiger partial charge in [0.2, 0.25) is 0 Å². The van der Waals surface area contributed by atoms with Gasteiger partial charge in [0.15, 0.2) is 0 Å². The highest BCUT2D eigenvalue weighted by Crippen LogP contribution is 2.37. The number of anilines is 1. The molecule has 1 aliphatic heterocycles. The SMILES string of the molecule is CC1(C)OCc2c(N)cccc21. The number of nitrogen functional groups attached to an aromatic ring is 1. The van der Waals surface area contributed by atoms with E-state index in [1.165, 1.54) is 5.56 Å². The molecule has 0 saturated carbocycles. The standard InChI is InChI=1S/C10H13NO/c1-10(2)8-4-3-5-9(11)7(8)6-12-10/h3-5H,6,11H2,1-2H3. The summed E-state index contributed by atoms with van der Waals surface area (Å²) >= 11 is 0. The topological polar surface area (TPSA) is 35.2 Å². The zero-order valence-corrected chi connectivity index (χ0v) is 7.42. The van der Waals surface area contributed by atoms with E-state index in [0.29, 0.717) is 6.61 Å². The summed E-state index contributed by atoms with van der Waals surface area (Å²) in [5.74, 6) is 0. The van der Waals surface area contributed by atoms with Crippen molar-refractivity contribution in [2.75, 3.05) is 5.73 Å². The smallest absolute Gasteiger partial charge is 0.0884 e. The van der Waals surface area contributed by atoms with Crippen LogP contribution in [-0.2, 0) is 16.9 Å². The van der Waals surface area contributed by atoms with Crippen molar-refractivity contribution in [1.29, 1.82) is 0 Å². The van der Waals surface area contributed by atoms with E-state index >= 15 is 0 Å². The number of fused-ring (bicyclic) bond motifs is 1. The van der Waals surface area contributed by atoms with Crippen molar-refractivity contribution < 1.29 is 4.74 Å². The van der Waals surface area contributed by atoms with Crippen molar-refractivity contribution in [3.05, 3.63) is 29.3 Å². The third-order valence-corrected chi connectivity index (χ3v) is 2.44. The maximum atomic E-state index is 5.81. The Morgan fingerprint density at radius 2 is 2.17 bits per heavy atom. The Balaban J connectivity index is 2.61. The molecule has 12 heavy (non-hydrogen) atoms. The fourth-order valence-corrected chi connectivity index (χ4v) is 1.66. The van der Waals surface area contributed by atoms with Gasteiger partial charge in [-0.05, 0) is 25.5 Å². The van der Waals surface area contributed by atoms with E-state index in [9.17, 15) is 0 Å². The van der Waals surface area contributed by atoms with Gasteiger partial charge < -0.3 is 10.5 Å². The summed E-state index contributed by atoms with van der Waals surface area (Å²) in [7, 11) is 0. The van der Waals surface area contributed by atoms with E-state index in [0.717, 1.165) is 11.3 Å². The van der Waals surface area contributed by atoms with Crippen molar-refractivity contribution in [1.82, 2.24) is 0 Å². The van der Waals surface area contributed by atoms with Gasteiger partial charge in [-0.3, -0.25) is 0 Å². The number of hydrogen-bond donors (Lipinski definition) is 1. The molecular weight excluding hydrogens is 150 g/mol. The van der Waals surface area contributed by atoms with Crippen molar-refractivity contribution in [3.8, 4) is 0 Å². The number of rotatable bonds is 0. The van der Waals surface area contributed by atoms with E-state index in [2.05, 4.69) is 19.9 Å². The third kappa shape index (κ3) is 0.916. The lowest BCUT2D eigenvalue weighted by atomic mass is 9.95. The minimum absolute atomic E-state index is 0.162. The van der Waals surface area contributed by atoms with Crippen LogP contribution in [0.15, 0.2) is 18.2 Å². The largest absolute Gasteiger partial charge is 0.398 e. The number of hydrogen-bond acceptors (Lipinski definition) is 2. The van der Waals surface area contributed by atoms with Gasteiger partial charge in [0, 0.05) is 11.3 Å². The molecule has 0 unspecified atom stereocenters. The van der Waals surface area contributed by atoms with Crippen LogP contribution in [0.5, 0.6) is 0 Å². The van der Waals surface area contributed by atoms with E-state index in [-0.39, 0.29) is 5.60 Å². The molecule has 0 amide bonds. The van der Waals surface area contributed by atoms with E-state index in [1.807, 2.05) is 12.1 Å². The molecule has 0 fully saturated rings. The summed E-state index contributed by atoms with van der Waals surface area (Å²) in [4.78, 5) is 0. The molecule has 2 N–H and O–H groups in total. The summed E-state index contributed by atoms with van der Waals surface area (Å²) in [5, 5.41) is 0. The molecule has 2 rings (SSSR count). The molecule has 1 aliphatic rings. The monoisotopic (exact) mass is 163 g/mol. The van der Waals surface area contributed by atoms with Gasteiger partial charge in [-0.2, -0.15) is 0 Å². The highest BCUT2D eigenvalue weighted by molar-refractivity contribution is 5.53. The summed E-state index contributed by atoms with van der Waals surface area (Å²) in [6, 6.07) is 5.98. The first kappa shape index (κ1) is 7.62. The fourth-order valence-electron chi connectivity index (χ4n) is 1.66. The van der Waals surface area contributed by atoms with Gasteiger partial charge >= 0.3 is 0 Å². The molecule has 1 aromatic rings. The summed E-state index contributed by atoms with van der Waals surface area (Å²) in [6.45, 7) is 4.78. The van der Waals surface area contributed by atoms with Gasteiger partial charge in [-0.1, -0.05) is 12.1 Å². The lowest BCUT2D eigenvalue weighted by molar-refractivity contribution is -0.00779. The molecule has 0 spiro atoms. The first-order valence-electron chi connectivity index (χ1n) is 4.13. The zero-order valence-electron chi connectivity index (χ0n) is 7.42. The highest BCUT2D eigenvalue weighted by atomic mass is 16.5. The Kier molecular flexibility index (Phi) is 1.42. The van der Waals surface area contributed by atoms with Gasteiger partial charge in [0.25, 0.3) is 0 Å². The predicted octanol–water partition coefficient (Wildman–Crippen LogP) is 2.03. The zero-order chi connectivity index (χ0) is 8.77. The van der Waals surface area contributed by atoms with E-state index in [1.54, 1.807) is 0 Å². The van der Waals surface area contributed by atoms with Crippen LogP contribution in [0.1, 0.15) is 25.0 Å². The van der Waals surface area contributed by atoms with E-state index < -0.39 is 0 Å². The van der Waals surface area contributed by atoms with Crippen LogP contribution in [0.4, 0.5) is 5.69 Å². The summed E-state index contributed by atoms with van der Waals surface area (Å²) in [5.41, 5.74) is 8.88. The number of nitrogens with two attached hydrogens (primary N) is 1. The van der Waals surface area contributed by atoms with Crippen LogP contribution in [0, 0.1) is 0 Å². The lowest BCUT2D eigenvalue weighted by Crippen LogP contribution is -2.14. The molecule has 0 radical (unpaired) electrons. The third-order valence-electron chi connectivity index (χ3n) is 2.44. The Hall–Kier alpha value is -1.02. The first-order valence-corrected chi connectivity index (χ1v) is 4.13. The number of benzene rings is 1. The quantitative estimate of drug-likeness (QED) is 0.594. The molecule has 2 nitrogen and oxygen atoms in total. The fraction of sp³-hybridized carbons (Fsp3) is 0.400. The molecular formula is C10H13NO. The molecule has 0 atom stereocenters. The van der Waals surface area contributed by atoms with Crippen molar-refractivity contribution in [2.45, 2.75) is 26.1 Å². The first-order chi connectivity index (χ1) is 5.61. The van der Waals surface area contributed by atoms with Gasteiger partial charge in [0.1, 0.15) is 0 Å². The molecule has 1 heterocycles. The van der Waals surface area contributed by atoms with Crippen LogP contribution in [-0.4, -0.2) is 0 Å². The molecule has 0 aliphatic carbocycles. The molecule has 64 valence electrons. The van der Waals surface area contributed by atoms with Crippen LogP contribution in [0.3, 0.4) is 0 Å². The van der Waals surface area contributed by atoms with Crippen LogP contribution in [0.2, 0.25) is 0 Å². The average molecular weight is 163 g/mol. The second kappa shape index (κ2) is 2.23. The van der Waals surface area contributed by atoms with Crippen LogP contribution in [0.25, 0.3) is 0 Å². The summed E-state index contributed by atoms with van der Waals surface area (Å²) < 4.78 is 5.61.